The molecule has 11 heteroatoms. The van der Waals surface area contributed by atoms with Crippen LogP contribution in [0.1, 0.15) is 53.4 Å². The molecule has 0 aromatic heterocycles. The first-order chi connectivity index (χ1) is 17.0. The molecule has 206 valence electrons. The van der Waals surface area contributed by atoms with Crippen LogP contribution in [-0.4, -0.2) is 67.5 Å². The first-order valence-electron chi connectivity index (χ1n) is 12.5. The van der Waals surface area contributed by atoms with Gasteiger partial charge in [0.25, 0.3) is 10.1 Å². The second kappa shape index (κ2) is 8.77. The van der Waals surface area contributed by atoms with Crippen molar-refractivity contribution in [1.29, 1.82) is 0 Å². The van der Waals surface area contributed by atoms with E-state index in [4.69, 9.17) is 8.92 Å². The normalized spacial score (nSPS) is 44.9. The Kier molecular flexibility index (Phi) is 6.65. The summed E-state index contributed by atoms with van der Waals surface area (Å²) in [6.07, 6.45) is 0.485. The van der Waals surface area contributed by atoms with Crippen molar-refractivity contribution in [3.63, 3.8) is 0 Å². The summed E-state index contributed by atoms with van der Waals surface area (Å²) in [5.74, 6) is -4.46. The lowest BCUT2D eigenvalue weighted by molar-refractivity contribution is -0.231. The summed E-state index contributed by atoms with van der Waals surface area (Å²) in [4.78, 5) is 38.3. The first-order valence-corrected chi connectivity index (χ1v) is 14.4. The summed E-state index contributed by atoms with van der Waals surface area (Å²) in [5.41, 5.74) is -7.24. The van der Waals surface area contributed by atoms with Crippen molar-refractivity contribution in [2.75, 3.05) is 12.9 Å². The Bertz CT molecular complexity index is 1200. The number of carbonyl (C=O) groups excluding carboxylic acids is 3. The van der Waals surface area contributed by atoms with Crippen molar-refractivity contribution in [1.82, 2.24) is 0 Å². The summed E-state index contributed by atoms with van der Waals surface area (Å²) in [5, 5.41) is 11.5. The molecule has 37 heavy (non-hydrogen) atoms. The maximum atomic E-state index is 17.3. The van der Waals surface area contributed by atoms with E-state index in [1.54, 1.807) is 13.8 Å². The SMILES string of the molecule is CCC(=O)O[C@]1(C(=O)COS(C)(=O)=O)[C@@H](C)C[C@H]2[C@@H]3C[C@H](F)C4=CC(=O)C=C[C@]4(C)[C@@]3(F)[C@@H](O)C[C@@]21C. The molecule has 0 saturated heterocycles. The molecule has 0 radical (unpaired) electrons. The van der Waals surface area contributed by atoms with E-state index >= 15 is 8.78 Å². The van der Waals surface area contributed by atoms with E-state index in [0.717, 1.165) is 12.3 Å². The average molecular weight is 545 g/mol. The minimum absolute atomic E-state index is 0.0197. The summed E-state index contributed by atoms with van der Waals surface area (Å²) in [6.45, 7) is 5.38. The summed E-state index contributed by atoms with van der Waals surface area (Å²) in [6, 6.07) is 0. The van der Waals surface area contributed by atoms with E-state index in [0.29, 0.717) is 0 Å². The van der Waals surface area contributed by atoms with E-state index in [1.165, 1.54) is 26.0 Å². The highest BCUT2D eigenvalue weighted by molar-refractivity contribution is 7.86. The number of hydrogen-bond donors (Lipinski definition) is 1. The molecule has 0 spiro atoms. The molecule has 0 unspecified atom stereocenters. The van der Waals surface area contributed by atoms with E-state index in [-0.39, 0.29) is 31.3 Å². The average Bonchev–Trinajstić information content (AvgIpc) is 3.02. The highest BCUT2D eigenvalue weighted by atomic mass is 32.2. The molecule has 0 bridgehead atoms. The molecular weight excluding hydrogens is 510 g/mol. The van der Waals surface area contributed by atoms with Gasteiger partial charge in [0, 0.05) is 29.1 Å². The number of aliphatic hydroxyl groups is 1. The second-order valence-corrected chi connectivity index (χ2v) is 13.1. The molecule has 0 heterocycles. The van der Waals surface area contributed by atoms with Crippen LogP contribution in [0.15, 0.2) is 23.8 Å². The fourth-order valence-corrected chi connectivity index (χ4v) is 8.23. The van der Waals surface area contributed by atoms with Crippen LogP contribution in [0.4, 0.5) is 8.78 Å². The van der Waals surface area contributed by atoms with Gasteiger partial charge in [0.05, 0.1) is 12.4 Å². The highest BCUT2D eigenvalue weighted by Crippen LogP contribution is 2.71. The summed E-state index contributed by atoms with van der Waals surface area (Å²) >= 11 is 0. The van der Waals surface area contributed by atoms with Crippen molar-refractivity contribution < 1.29 is 45.6 Å². The van der Waals surface area contributed by atoms with Crippen LogP contribution >= 0.6 is 0 Å². The predicted molar refractivity (Wildman–Crippen MR) is 128 cm³/mol. The molecule has 4 rings (SSSR count). The van der Waals surface area contributed by atoms with Crippen molar-refractivity contribution in [3.05, 3.63) is 23.8 Å². The monoisotopic (exact) mass is 544 g/mol. The lowest BCUT2D eigenvalue weighted by Gasteiger charge is -2.63. The molecule has 4 aliphatic rings. The third-order valence-electron chi connectivity index (χ3n) is 9.55. The number of halogens is 2. The number of aliphatic hydroxyl groups excluding tert-OH is 1. The Labute approximate surface area is 215 Å². The first kappa shape index (κ1) is 28.0. The molecule has 9 atom stereocenters. The zero-order valence-corrected chi connectivity index (χ0v) is 22.4. The molecule has 0 aliphatic heterocycles. The van der Waals surface area contributed by atoms with Crippen LogP contribution in [0.3, 0.4) is 0 Å². The van der Waals surface area contributed by atoms with Crippen LogP contribution in [0.25, 0.3) is 0 Å². The maximum Gasteiger partial charge on any atom is 0.306 e. The Hall–Kier alpha value is -1.98. The highest BCUT2D eigenvalue weighted by Gasteiger charge is 2.78. The molecule has 1 N–H and O–H groups in total. The fraction of sp³-hybridized carbons (Fsp3) is 0.731. The molecule has 4 aliphatic carbocycles. The van der Waals surface area contributed by atoms with Gasteiger partial charge in [-0.1, -0.05) is 26.8 Å². The molecule has 0 amide bonds. The van der Waals surface area contributed by atoms with Gasteiger partial charge in [-0.15, -0.1) is 0 Å². The second-order valence-electron chi connectivity index (χ2n) is 11.4. The Morgan fingerprint density at radius 2 is 1.86 bits per heavy atom. The van der Waals surface area contributed by atoms with E-state index in [9.17, 15) is 27.9 Å². The number of rotatable bonds is 6. The van der Waals surface area contributed by atoms with Crippen LogP contribution in [0.5, 0.6) is 0 Å². The molecular formula is C26H34F2O8S. The molecule has 0 aromatic carbocycles. The van der Waals surface area contributed by atoms with Gasteiger partial charge in [0.15, 0.2) is 17.1 Å². The number of carbonyl (C=O) groups is 3. The summed E-state index contributed by atoms with van der Waals surface area (Å²) in [7, 11) is -4.01. The summed E-state index contributed by atoms with van der Waals surface area (Å²) < 4.78 is 66.8. The number of allylic oxidation sites excluding steroid dienone is 4. The third-order valence-corrected chi connectivity index (χ3v) is 10.1. The standard InChI is InChI=1S/C26H34F2O8S/c1-6-22(32)36-26(21(31)13-35-37(5,33)34)14(2)9-16-17-11-19(27)18-10-15(29)7-8-23(18,3)25(17,28)20(30)12-24(16,26)4/h7-8,10,14,16-17,19-20,30H,6,9,11-13H2,1-5H3/t14-,16-,17-,19-,20-,23-,24-,25-,26-/m0/s1. The number of ketones is 2. The van der Waals surface area contributed by atoms with Gasteiger partial charge in [-0.2, -0.15) is 8.42 Å². The van der Waals surface area contributed by atoms with Crippen molar-refractivity contribution in [2.24, 2.45) is 28.6 Å². The minimum Gasteiger partial charge on any atom is -0.450 e. The largest absolute Gasteiger partial charge is 0.450 e. The third kappa shape index (κ3) is 3.78. The Morgan fingerprint density at radius 3 is 2.46 bits per heavy atom. The van der Waals surface area contributed by atoms with Crippen molar-refractivity contribution in [3.8, 4) is 0 Å². The molecule has 3 saturated carbocycles. The van der Waals surface area contributed by atoms with Gasteiger partial charge in [-0.3, -0.25) is 18.6 Å². The number of Topliss-reactive ketones (excluding diaryl/α,β-unsaturated/α-hetero) is 1. The number of hydrogen-bond acceptors (Lipinski definition) is 8. The minimum atomic E-state index is -4.01. The van der Waals surface area contributed by atoms with Gasteiger partial charge in [-0.05, 0) is 49.8 Å². The smallest absolute Gasteiger partial charge is 0.306 e. The van der Waals surface area contributed by atoms with E-state index in [2.05, 4.69) is 0 Å². The van der Waals surface area contributed by atoms with Crippen molar-refractivity contribution in [2.45, 2.75) is 76.9 Å². The molecule has 0 aromatic rings. The van der Waals surface area contributed by atoms with Crippen LogP contribution in [0, 0.1) is 28.6 Å². The lowest BCUT2D eigenvalue weighted by atomic mass is 9.44. The topological polar surface area (TPSA) is 124 Å². The zero-order valence-electron chi connectivity index (χ0n) is 21.6. The lowest BCUT2D eigenvalue weighted by Crippen LogP contribution is -2.71. The zero-order chi connectivity index (χ0) is 27.8. The Morgan fingerprint density at radius 1 is 1.22 bits per heavy atom. The molecule has 3 fully saturated rings. The van der Waals surface area contributed by atoms with Gasteiger partial charge in [0.1, 0.15) is 12.8 Å². The Balaban J connectivity index is 1.85. The number of fused-ring (bicyclic) bond motifs is 5. The van der Waals surface area contributed by atoms with E-state index in [1.807, 2.05) is 0 Å². The number of esters is 1. The number of alkyl halides is 2. The van der Waals surface area contributed by atoms with Crippen LogP contribution in [0.2, 0.25) is 0 Å². The molecule has 8 nitrogen and oxygen atoms in total. The predicted octanol–water partition coefficient (Wildman–Crippen LogP) is 2.79. The van der Waals surface area contributed by atoms with Gasteiger partial charge >= 0.3 is 5.97 Å². The maximum absolute atomic E-state index is 17.3. The number of ether oxygens (including phenoxy) is 1. The quantitative estimate of drug-likeness (QED) is 0.400. The fourth-order valence-electron chi connectivity index (χ4n) is 7.91. The van der Waals surface area contributed by atoms with Crippen LogP contribution in [-0.2, 0) is 33.4 Å². The van der Waals surface area contributed by atoms with Crippen LogP contribution < -0.4 is 0 Å². The van der Waals surface area contributed by atoms with Gasteiger partial charge < -0.3 is 9.84 Å². The van der Waals surface area contributed by atoms with Gasteiger partial charge in [0.2, 0.25) is 5.78 Å². The van der Waals surface area contributed by atoms with Gasteiger partial charge in [-0.25, -0.2) is 8.78 Å². The van der Waals surface area contributed by atoms with Crippen molar-refractivity contribution >= 4 is 27.7 Å². The van der Waals surface area contributed by atoms with E-state index < -0.39 is 86.4 Å².